The van der Waals surface area contributed by atoms with Gasteiger partial charge in [-0.05, 0) is 49.1 Å². The Morgan fingerprint density at radius 3 is 2.46 bits per heavy atom. The number of amidine groups is 2. The summed E-state index contributed by atoms with van der Waals surface area (Å²) >= 11 is 0. The second-order valence-electron chi connectivity index (χ2n) is 7.48. The van der Waals surface area contributed by atoms with Crippen LogP contribution < -0.4 is 4.74 Å². The van der Waals surface area contributed by atoms with E-state index in [2.05, 4.69) is 31.2 Å². The van der Waals surface area contributed by atoms with Crippen LogP contribution in [-0.4, -0.2) is 30.2 Å². The van der Waals surface area contributed by atoms with E-state index in [1.54, 1.807) is 4.90 Å². The normalized spacial score (nSPS) is 17.0. The Labute approximate surface area is 154 Å². The Kier molecular flexibility index (Phi) is 4.06. The Bertz CT molecular complexity index is 865. The van der Waals surface area contributed by atoms with Crippen molar-refractivity contribution in [2.45, 2.75) is 38.0 Å². The summed E-state index contributed by atoms with van der Waals surface area (Å²) in [6, 6.07) is 14.4. The minimum Gasteiger partial charge on any atom is -0.493 e. The highest BCUT2D eigenvalue weighted by atomic mass is 16.5. The van der Waals surface area contributed by atoms with Gasteiger partial charge in [0.15, 0.2) is 0 Å². The third kappa shape index (κ3) is 2.61. The van der Waals surface area contributed by atoms with E-state index in [0.29, 0.717) is 18.3 Å². The Balaban J connectivity index is 1.60. The first-order chi connectivity index (χ1) is 12.5. The fourth-order valence-corrected chi connectivity index (χ4v) is 4.03. The molecule has 26 heavy (non-hydrogen) atoms. The number of nitrogens with zero attached hydrogens (tertiary/aromatic N) is 1. The number of rotatable bonds is 3. The van der Waals surface area contributed by atoms with Crippen LogP contribution in [0, 0.1) is 17.7 Å². The number of fused-ring (bicyclic) bond motifs is 1. The van der Waals surface area contributed by atoms with Crippen molar-refractivity contribution in [3.63, 3.8) is 0 Å². The topological polar surface area (TPSA) is 60.2 Å². The molecule has 0 bridgehead atoms. The maximum Gasteiger partial charge on any atom is 0.133 e. The van der Waals surface area contributed by atoms with E-state index in [-0.39, 0.29) is 5.41 Å². The van der Waals surface area contributed by atoms with Crippen LogP contribution in [0.3, 0.4) is 0 Å². The van der Waals surface area contributed by atoms with Gasteiger partial charge in [-0.15, -0.1) is 0 Å². The number of hydrogen-bond acceptors (Lipinski definition) is 3. The zero-order valence-electron chi connectivity index (χ0n) is 15.4. The third-order valence-electron chi connectivity index (χ3n) is 5.90. The maximum atomic E-state index is 8.88. The predicted octanol–water partition coefficient (Wildman–Crippen LogP) is 4.29. The third-order valence-corrected chi connectivity index (χ3v) is 5.90. The van der Waals surface area contributed by atoms with Crippen LogP contribution in [0.15, 0.2) is 42.5 Å². The highest BCUT2D eigenvalue weighted by molar-refractivity contribution is 6.10. The summed E-state index contributed by atoms with van der Waals surface area (Å²) in [5, 5.41) is 17.5. The van der Waals surface area contributed by atoms with Gasteiger partial charge in [-0.25, -0.2) is 0 Å². The number of nitrogens with one attached hydrogen (secondary N) is 2. The van der Waals surface area contributed by atoms with E-state index >= 15 is 0 Å². The van der Waals surface area contributed by atoms with Crippen LogP contribution in [0.1, 0.15) is 41.5 Å². The molecule has 0 radical (unpaired) electrons. The van der Waals surface area contributed by atoms with Crippen LogP contribution >= 0.6 is 0 Å². The van der Waals surface area contributed by atoms with Crippen LogP contribution in [0.25, 0.3) is 0 Å². The fraction of sp³-hybridized carbons (Fsp3) is 0.364. The zero-order chi connectivity index (χ0) is 18.3. The minimum absolute atomic E-state index is 0.255. The molecule has 2 aliphatic rings. The SMILES string of the molecule is Cc1ccc(C2(C(=N)N(C)C(=N)c3ccc4c(c3)CCO4)CCC2)cc1. The predicted molar refractivity (Wildman–Crippen MR) is 105 cm³/mol. The van der Waals surface area contributed by atoms with Crippen molar-refractivity contribution in [1.29, 1.82) is 10.8 Å². The van der Waals surface area contributed by atoms with Gasteiger partial charge in [-0.2, -0.15) is 0 Å². The Morgan fingerprint density at radius 1 is 1.08 bits per heavy atom. The molecule has 1 heterocycles. The van der Waals surface area contributed by atoms with Gasteiger partial charge in [-0.1, -0.05) is 36.2 Å². The summed E-state index contributed by atoms with van der Waals surface area (Å²) in [5.41, 5.74) is 4.18. The molecule has 4 nitrogen and oxygen atoms in total. The van der Waals surface area contributed by atoms with Crippen molar-refractivity contribution in [3.8, 4) is 5.75 Å². The lowest BCUT2D eigenvalue weighted by Gasteiger charge is -2.45. The van der Waals surface area contributed by atoms with Gasteiger partial charge in [0.05, 0.1) is 12.0 Å². The van der Waals surface area contributed by atoms with Crippen molar-refractivity contribution >= 4 is 11.7 Å². The van der Waals surface area contributed by atoms with E-state index in [4.69, 9.17) is 15.6 Å². The molecule has 1 aliphatic heterocycles. The standard InChI is InChI=1S/C22H25N3O/c1-15-4-7-18(8-5-15)22(11-3-12-22)21(24)25(2)20(23)17-6-9-19-16(14-17)10-13-26-19/h4-9,14,23-24H,3,10-13H2,1-2H3. The van der Waals surface area contributed by atoms with Gasteiger partial charge in [0, 0.05) is 19.0 Å². The van der Waals surface area contributed by atoms with E-state index in [0.717, 1.165) is 42.6 Å². The van der Waals surface area contributed by atoms with Crippen molar-refractivity contribution in [2.75, 3.05) is 13.7 Å². The quantitative estimate of drug-likeness (QED) is 0.643. The number of hydrogen-bond donors (Lipinski definition) is 2. The molecule has 0 aromatic heterocycles. The maximum absolute atomic E-state index is 8.88. The molecule has 4 rings (SSSR count). The molecule has 2 N–H and O–H groups in total. The van der Waals surface area contributed by atoms with Gasteiger partial charge >= 0.3 is 0 Å². The minimum atomic E-state index is -0.255. The van der Waals surface area contributed by atoms with E-state index in [1.165, 1.54) is 11.1 Å². The van der Waals surface area contributed by atoms with Crippen LogP contribution in [0.2, 0.25) is 0 Å². The first kappa shape index (κ1) is 16.8. The molecule has 2 aromatic rings. The van der Waals surface area contributed by atoms with Crippen LogP contribution in [-0.2, 0) is 11.8 Å². The average Bonchev–Trinajstić information content (AvgIpc) is 3.08. The summed E-state index contributed by atoms with van der Waals surface area (Å²) < 4.78 is 5.56. The summed E-state index contributed by atoms with van der Waals surface area (Å²) in [4.78, 5) is 1.75. The van der Waals surface area contributed by atoms with E-state index < -0.39 is 0 Å². The molecular weight excluding hydrogens is 322 g/mol. The first-order valence-corrected chi connectivity index (χ1v) is 9.26. The van der Waals surface area contributed by atoms with Gasteiger partial charge in [0.1, 0.15) is 17.4 Å². The molecule has 1 saturated carbocycles. The largest absolute Gasteiger partial charge is 0.493 e. The van der Waals surface area contributed by atoms with Crippen LogP contribution in [0.4, 0.5) is 0 Å². The molecule has 2 aromatic carbocycles. The van der Waals surface area contributed by atoms with E-state index in [9.17, 15) is 0 Å². The van der Waals surface area contributed by atoms with Gasteiger partial charge < -0.3 is 9.64 Å². The van der Waals surface area contributed by atoms with Crippen molar-refractivity contribution in [1.82, 2.24) is 4.90 Å². The molecule has 134 valence electrons. The first-order valence-electron chi connectivity index (χ1n) is 9.26. The molecule has 1 fully saturated rings. The second kappa shape index (κ2) is 6.27. The zero-order valence-corrected chi connectivity index (χ0v) is 15.4. The Hall–Kier alpha value is -2.62. The second-order valence-corrected chi connectivity index (χ2v) is 7.48. The number of aryl methyl sites for hydroxylation is 1. The van der Waals surface area contributed by atoms with Crippen molar-refractivity contribution < 1.29 is 4.74 Å². The van der Waals surface area contributed by atoms with Gasteiger partial charge in [-0.3, -0.25) is 10.8 Å². The highest BCUT2D eigenvalue weighted by Gasteiger charge is 2.45. The summed E-state index contributed by atoms with van der Waals surface area (Å²) in [6.07, 6.45) is 3.98. The smallest absolute Gasteiger partial charge is 0.133 e. The molecule has 4 heteroatoms. The molecule has 0 unspecified atom stereocenters. The fourth-order valence-electron chi connectivity index (χ4n) is 4.03. The number of benzene rings is 2. The van der Waals surface area contributed by atoms with Gasteiger partial charge in [0.25, 0.3) is 0 Å². The lowest BCUT2D eigenvalue weighted by Crippen LogP contribution is -2.51. The average molecular weight is 347 g/mol. The molecule has 1 aliphatic carbocycles. The molecule has 0 atom stereocenters. The monoisotopic (exact) mass is 347 g/mol. The Morgan fingerprint density at radius 2 is 1.81 bits per heavy atom. The highest BCUT2D eigenvalue weighted by Crippen LogP contribution is 2.45. The number of ether oxygens (including phenoxy) is 1. The van der Waals surface area contributed by atoms with Crippen molar-refractivity contribution in [3.05, 3.63) is 64.7 Å². The lowest BCUT2D eigenvalue weighted by molar-refractivity contribution is 0.319. The number of likely N-dealkylation sites (N-methyl/N-ethyl adjacent to an activating group) is 1. The van der Waals surface area contributed by atoms with Crippen molar-refractivity contribution in [2.24, 2.45) is 0 Å². The van der Waals surface area contributed by atoms with Crippen LogP contribution in [0.5, 0.6) is 5.75 Å². The summed E-state index contributed by atoms with van der Waals surface area (Å²) in [7, 11) is 1.85. The molecule has 0 amide bonds. The molecular formula is C22H25N3O. The lowest BCUT2D eigenvalue weighted by atomic mass is 9.63. The molecule has 0 spiro atoms. The molecule has 0 saturated heterocycles. The summed E-state index contributed by atoms with van der Waals surface area (Å²) in [6.45, 7) is 2.80. The van der Waals surface area contributed by atoms with E-state index in [1.807, 2.05) is 25.2 Å². The summed E-state index contributed by atoms with van der Waals surface area (Å²) in [5.74, 6) is 1.83. The van der Waals surface area contributed by atoms with Gasteiger partial charge in [0.2, 0.25) is 0 Å².